The molecular formula is C15H20Cl2N2O2. The van der Waals surface area contributed by atoms with E-state index in [9.17, 15) is 9.90 Å². The molecule has 0 atom stereocenters. The maximum atomic E-state index is 12.0. The van der Waals surface area contributed by atoms with Gasteiger partial charge in [0.1, 0.15) is 0 Å². The van der Waals surface area contributed by atoms with Crippen molar-refractivity contribution in [3.05, 3.63) is 28.2 Å². The molecular weight excluding hydrogens is 311 g/mol. The molecule has 0 unspecified atom stereocenters. The summed E-state index contributed by atoms with van der Waals surface area (Å²) in [5, 5.41) is 13.5. The number of nitrogens with zero attached hydrogens (tertiary/aromatic N) is 1. The van der Waals surface area contributed by atoms with Gasteiger partial charge in [-0.25, -0.2) is 0 Å². The van der Waals surface area contributed by atoms with Gasteiger partial charge in [0.05, 0.1) is 21.3 Å². The number of rotatable bonds is 4. The second-order valence-electron chi connectivity index (χ2n) is 5.73. The molecule has 1 aliphatic rings. The van der Waals surface area contributed by atoms with Gasteiger partial charge in [-0.3, -0.25) is 4.79 Å². The highest BCUT2D eigenvalue weighted by molar-refractivity contribution is 6.39. The molecule has 1 fully saturated rings. The molecule has 0 bridgehead atoms. The minimum Gasteiger partial charge on any atom is -0.390 e. The number of aliphatic hydroxyl groups is 1. The molecule has 1 heterocycles. The lowest BCUT2D eigenvalue weighted by Gasteiger charge is -2.35. The first-order chi connectivity index (χ1) is 9.87. The van der Waals surface area contributed by atoms with Crippen molar-refractivity contribution in [3.63, 3.8) is 0 Å². The molecule has 0 aliphatic carbocycles. The van der Waals surface area contributed by atoms with E-state index < -0.39 is 5.60 Å². The largest absolute Gasteiger partial charge is 0.390 e. The first-order valence-corrected chi connectivity index (χ1v) is 7.81. The van der Waals surface area contributed by atoms with Crippen LogP contribution in [-0.2, 0) is 4.79 Å². The van der Waals surface area contributed by atoms with Crippen LogP contribution in [0.5, 0.6) is 0 Å². The number of benzene rings is 1. The SMILES string of the molecule is CC1(O)CCN(CCC(=O)Nc2c(Cl)cccc2Cl)CC1. The molecule has 0 aromatic heterocycles. The zero-order chi connectivity index (χ0) is 15.5. The van der Waals surface area contributed by atoms with E-state index >= 15 is 0 Å². The summed E-state index contributed by atoms with van der Waals surface area (Å²) in [6, 6.07) is 5.12. The van der Waals surface area contributed by atoms with Gasteiger partial charge in [-0.2, -0.15) is 0 Å². The summed E-state index contributed by atoms with van der Waals surface area (Å²) >= 11 is 12.0. The third-order valence-electron chi connectivity index (χ3n) is 3.82. The van der Waals surface area contributed by atoms with Crippen LogP contribution in [0, 0.1) is 0 Å². The van der Waals surface area contributed by atoms with Crippen molar-refractivity contribution in [3.8, 4) is 0 Å². The molecule has 1 amide bonds. The summed E-state index contributed by atoms with van der Waals surface area (Å²) in [6.45, 7) is 4.15. The molecule has 2 rings (SSSR count). The first kappa shape index (κ1) is 16.6. The fraction of sp³-hybridized carbons (Fsp3) is 0.533. The Hall–Kier alpha value is -0.810. The van der Waals surface area contributed by atoms with Gasteiger partial charge in [-0.05, 0) is 31.9 Å². The third kappa shape index (κ3) is 4.85. The minimum atomic E-state index is -0.566. The van der Waals surface area contributed by atoms with Crippen LogP contribution in [-0.4, -0.2) is 41.1 Å². The first-order valence-electron chi connectivity index (χ1n) is 7.06. The molecule has 0 saturated carbocycles. The fourth-order valence-electron chi connectivity index (χ4n) is 2.34. The quantitative estimate of drug-likeness (QED) is 0.891. The number of amides is 1. The van der Waals surface area contributed by atoms with E-state index in [4.69, 9.17) is 23.2 Å². The summed E-state index contributed by atoms with van der Waals surface area (Å²) in [6.07, 6.45) is 1.86. The van der Waals surface area contributed by atoms with Gasteiger partial charge in [0.15, 0.2) is 0 Å². The van der Waals surface area contributed by atoms with Crippen molar-refractivity contribution in [1.29, 1.82) is 0 Å². The average molecular weight is 331 g/mol. The summed E-state index contributed by atoms with van der Waals surface area (Å²) < 4.78 is 0. The predicted octanol–water partition coefficient (Wildman–Crippen LogP) is 3.17. The van der Waals surface area contributed by atoms with Crippen LogP contribution < -0.4 is 5.32 Å². The van der Waals surface area contributed by atoms with Crippen LogP contribution in [0.3, 0.4) is 0 Å². The maximum absolute atomic E-state index is 12.0. The molecule has 2 N–H and O–H groups in total. The highest BCUT2D eigenvalue weighted by Gasteiger charge is 2.27. The Morgan fingerprint density at radius 3 is 2.48 bits per heavy atom. The standard InChI is InChI=1S/C15H20Cl2N2O2/c1-15(21)6-9-19(10-7-15)8-5-13(20)18-14-11(16)3-2-4-12(14)17/h2-4,21H,5-10H2,1H3,(H,18,20). The van der Waals surface area contributed by atoms with Crippen LogP contribution >= 0.6 is 23.2 Å². The summed E-state index contributed by atoms with van der Waals surface area (Å²) in [5.41, 5.74) is -0.100. The van der Waals surface area contributed by atoms with E-state index in [2.05, 4.69) is 10.2 Å². The summed E-state index contributed by atoms with van der Waals surface area (Å²) in [7, 11) is 0. The lowest BCUT2D eigenvalue weighted by molar-refractivity contribution is -0.116. The summed E-state index contributed by atoms with van der Waals surface area (Å²) in [5.74, 6) is -0.109. The number of halogens is 2. The molecule has 116 valence electrons. The highest BCUT2D eigenvalue weighted by atomic mass is 35.5. The van der Waals surface area contributed by atoms with Gasteiger partial charge in [0, 0.05) is 26.1 Å². The van der Waals surface area contributed by atoms with Gasteiger partial charge >= 0.3 is 0 Å². The molecule has 1 aromatic rings. The summed E-state index contributed by atoms with van der Waals surface area (Å²) in [4.78, 5) is 14.2. The van der Waals surface area contributed by atoms with E-state index in [0.29, 0.717) is 28.7 Å². The van der Waals surface area contributed by atoms with Crippen molar-refractivity contribution in [1.82, 2.24) is 4.90 Å². The van der Waals surface area contributed by atoms with Gasteiger partial charge in [-0.1, -0.05) is 29.3 Å². The molecule has 1 aliphatic heterocycles. The smallest absolute Gasteiger partial charge is 0.225 e. The zero-order valence-electron chi connectivity index (χ0n) is 12.0. The molecule has 4 nitrogen and oxygen atoms in total. The van der Waals surface area contributed by atoms with E-state index in [1.54, 1.807) is 18.2 Å². The number of nitrogens with one attached hydrogen (secondary N) is 1. The second-order valence-corrected chi connectivity index (χ2v) is 6.55. The molecule has 1 saturated heterocycles. The lowest BCUT2D eigenvalue weighted by Crippen LogP contribution is -2.43. The van der Waals surface area contributed by atoms with Crippen molar-refractivity contribution < 1.29 is 9.90 Å². The number of carbonyl (C=O) groups is 1. The Balaban J connectivity index is 1.81. The monoisotopic (exact) mass is 330 g/mol. The Morgan fingerprint density at radius 2 is 1.90 bits per heavy atom. The van der Waals surface area contributed by atoms with Crippen LogP contribution in [0.25, 0.3) is 0 Å². The second kappa shape index (κ2) is 6.97. The normalized spacial score (nSPS) is 18.5. The minimum absolute atomic E-state index is 0.109. The van der Waals surface area contributed by atoms with Crippen molar-refractivity contribution >= 4 is 34.8 Å². The van der Waals surface area contributed by atoms with Gasteiger partial charge in [-0.15, -0.1) is 0 Å². The third-order valence-corrected chi connectivity index (χ3v) is 4.45. The number of piperidine rings is 1. The van der Waals surface area contributed by atoms with E-state index in [1.807, 2.05) is 6.92 Å². The van der Waals surface area contributed by atoms with Crippen molar-refractivity contribution in [2.45, 2.75) is 31.8 Å². The molecule has 1 aromatic carbocycles. The average Bonchev–Trinajstić information content (AvgIpc) is 2.42. The highest BCUT2D eigenvalue weighted by Crippen LogP contribution is 2.29. The van der Waals surface area contributed by atoms with Crippen LogP contribution in [0.1, 0.15) is 26.2 Å². The molecule has 0 radical (unpaired) electrons. The van der Waals surface area contributed by atoms with Crippen LogP contribution in [0.15, 0.2) is 18.2 Å². The van der Waals surface area contributed by atoms with E-state index in [1.165, 1.54) is 0 Å². The maximum Gasteiger partial charge on any atom is 0.225 e. The lowest BCUT2D eigenvalue weighted by atomic mass is 9.94. The number of likely N-dealkylation sites (tertiary alicyclic amines) is 1. The topological polar surface area (TPSA) is 52.6 Å². The predicted molar refractivity (Wildman–Crippen MR) is 86.0 cm³/mol. The Morgan fingerprint density at radius 1 is 1.33 bits per heavy atom. The molecule has 21 heavy (non-hydrogen) atoms. The molecule has 0 spiro atoms. The zero-order valence-corrected chi connectivity index (χ0v) is 13.5. The number of anilines is 1. The van der Waals surface area contributed by atoms with Gasteiger partial charge in [0.2, 0.25) is 5.91 Å². The molecule has 6 heteroatoms. The van der Waals surface area contributed by atoms with Crippen LogP contribution in [0.4, 0.5) is 5.69 Å². The van der Waals surface area contributed by atoms with Gasteiger partial charge < -0.3 is 15.3 Å². The fourth-order valence-corrected chi connectivity index (χ4v) is 2.83. The van der Waals surface area contributed by atoms with E-state index in [-0.39, 0.29) is 5.91 Å². The number of hydrogen-bond acceptors (Lipinski definition) is 3. The number of para-hydroxylation sites is 1. The van der Waals surface area contributed by atoms with E-state index in [0.717, 1.165) is 25.9 Å². The Labute approximate surface area is 135 Å². The van der Waals surface area contributed by atoms with Crippen LogP contribution in [0.2, 0.25) is 10.0 Å². The Bertz CT molecular complexity index is 490. The van der Waals surface area contributed by atoms with Crippen molar-refractivity contribution in [2.75, 3.05) is 25.0 Å². The number of carbonyl (C=O) groups excluding carboxylic acids is 1. The Kier molecular flexibility index (Phi) is 5.49. The number of hydrogen-bond donors (Lipinski definition) is 2. The van der Waals surface area contributed by atoms with Gasteiger partial charge in [0.25, 0.3) is 0 Å². The van der Waals surface area contributed by atoms with Crippen molar-refractivity contribution in [2.24, 2.45) is 0 Å².